The molecule has 1 amide bonds. The summed E-state index contributed by atoms with van der Waals surface area (Å²) in [6.45, 7) is 0.206. The zero-order chi connectivity index (χ0) is 20.2. The second kappa shape index (κ2) is 8.49. The highest BCUT2D eigenvalue weighted by molar-refractivity contribution is 7.07. The minimum atomic E-state index is -0.954. The molecule has 1 aromatic heterocycles. The summed E-state index contributed by atoms with van der Waals surface area (Å²) in [6.07, 6.45) is -0.284. The number of hydrogen-bond donors (Lipinski definition) is 2. The summed E-state index contributed by atoms with van der Waals surface area (Å²) < 4.78 is 5.53. The number of alkyl carbamates (subject to hydrolysis) is 1. The fraction of sp³-hybridized carbons (Fsp3) is 0.217. The van der Waals surface area contributed by atoms with Gasteiger partial charge in [0.25, 0.3) is 0 Å². The summed E-state index contributed by atoms with van der Waals surface area (Å²) in [4.78, 5) is 23.6. The zero-order valence-corrected chi connectivity index (χ0v) is 16.5. The molecule has 1 unspecified atom stereocenters. The van der Waals surface area contributed by atoms with Gasteiger partial charge in [-0.05, 0) is 51.1 Å². The van der Waals surface area contributed by atoms with Crippen LogP contribution in [0.4, 0.5) is 4.79 Å². The standard InChI is InChI=1S/C23H21NO4S/c25-22(26)12-16(11-15-9-10-29-14-15)24-23(27)28-13-21-19-7-3-1-5-17(19)18-6-2-4-8-20(18)21/h1-10,14,16,21H,11-13H2,(H,24,27)(H,25,26). The van der Waals surface area contributed by atoms with Crippen molar-refractivity contribution in [3.8, 4) is 11.1 Å². The summed E-state index contributed by atoms with van der Waals surface area (Å²) in [5.41, 5.74) is 5.61. The highest BCUT2D eigenvalue weighted by Gasteiger charge is 2.29. The molecule has 0 spiro atoms. The minimum Gasteiger partial charge on any atom is -0.481 e. The van der Waals surface area contributed by atoms with Crippen LogP contribution < -0.4 is 5.32 Å². The molecule has 0 radical (unpaired) electrons. The topological polar surface area (TPSA) is 75.6 Å². The van der Waals surface area contributed by atoms with E-state index in [9.17, 15) is 9.59 Å². The van der Waals surface area contributed by atoms with Crippen molar-refractivity contribution in [3.63, 3.8) is 0 Å². The first-order valence-electron chi connectivity index (χ1n) is 9.46. The van der Waals surface area contributed by atoms with Crippen LogP contribution in [0.5, 0.6) is 0 Å². The molecule has 0 saturated carbocycles. The number of hydrogen-bond acceptors (Lipinski definition) is 4. The number of carboxylic acid groups (broad SMARTS) is 1. The Morgan fingerprint density at radius 3 is 2.28 bits per heavy atom. The van der Waals surface area contributed by atoms with Gasteiger partial charge in [0.05, 0.1) is 6.42 Å². The average molecular weight is 407 g/mol. The molecule has 4 rings (SSSR count). The molecule has 0 fully saturated rings. The number of benzene rings is 2. The van der Waals surface area contributed by atoms with Crippen molar-refractivity contribution in [2.24, 2.45) is 0 Å². The van der Waals surface area contributed by atoms with Crippen LogP contribution in [0, 0.1) is 0 Å². The predicted molar refractivity (Wildman–Crippen MR) is 112 cm³/mol. The fourth-order valence-corrected chi connectivity index (χ4v) is 4.57. The molecular formula is C23H21NO4S. The van der Waals surface area contributed by atoms with Crippen molar-refractivity contribution in [2.45, 2.75) is 24.8 Å². The van der Waals surface area contributed by atoms with Gasteiger partial charge in [-0.3, -0.25) is 4.79 Å². The van der Waals surface area contributed by atoms with Crippen molar-refractivity contribution in [3.05, 3.63) is 82.0 Å². The van der Waals surface area contributed by atoms with E-state index in [1.807, 2.05) is 41.1 Å². The Morgan fingerprint density at radius 1 is 1.03 bits per heavy atom. The molecule has 1 aliphatic carbocycles. The summed E-state index contributed by atoms with van der Waals surface area (Å²) in [5.74, 6) is -0.980. The Morgan fingerprint density at radius 2 is 1.69 bits per heavy atom. The molecule has 2 aromatic carbocycles. The molecule has 5 nitrogen and oxygen atoms in total. The molecule has 6 heteroatoms. The lowest BCUT2D eigenvalue weighted by Crippen LogP contribution is -2.38. The van der Waals surface area contributed by atoms with Gasteiger partial charge >= 0.3 is 12.1 Å². The lowest BCUT2D eigenvalue weighted by atomic mass is 9.98. The lowest BCUT2D eigenvalue weighted by molar-refractivity contribution is -0.137. The van der Waals surface area contributed by atoms with Crippen LogP contribution in [0.3, 0.4) is 0 Å². The summed E-state index contributed by atoms with van der Waals surface area (Å²) >= 11 is 1.54. The molecule has 2 N–H and O–H groups in total. The van der Waals surface area contributed by atoms with Gasteiger partial charge in [0.2, 0.25) is 0 Å². The van der Waals surface area contributed by atoms with Crippen molar-refractivity contribution >= 4 is 23.4 Å². The maximum atomic E-state index is 12.4. The van der Waals surface area contributed by atoms with Gasteiger partial charge in [-0.25, -0.2) is 4.79 Å². The van der Waals surface area contributed by atoms with Crippen LogP contribution >= 0.6 is 11.3 Å². The summed E-state index contributed by atoms with van der Waals surface area (Å²) in [7, 11) is 0. The van der Waals surface area contributed by atoms with Gasteiger partial charge in [0.1, 0.15) is 6.61 Å². The van der Waals surface area contributed by atoms with Gasteiger partial charge in [-0.1, -0.05) is 48.5 Å². The van der Waals surface area contributed by atoms with E-state index in [2.05, 4.69) is 29.6 Å². The normalized spacial score (nSPS) is 13.4. The Labute approximate surface area is 173 Å². The first-order chi connectivity index (χ1) is 14.1. The van der Waals surface area contributed by atoms with Crippen LogP contribution in [0.15, 0.2) is 65.4 Å². The van der Waals surface area contributed by atoms with Gasteiger partial charge in [0, 0.05) is 12.0 Å². The van der Waals surface area contributed by atoms with Gasteiger partial charge in [-0.15, -0.1) is 0 Å². The van der Waals surface area contributed by atoms with E-state index in [0.717, 1.165) is 16.7 Å². The highest BCUT2D eigenvalue weighted by Crippen LogP contribution is 2.44. The molecule has 0 bridgehead atoms. The molecule has 1 heterocycles. The number of rotatable bonds is 7. The van der Waals surface area contributed by atoms with Gasteiger partial charge in [-0.2, -0.15) is 11.3 Å². The third kappa shape index (κ3) is 4.32. The van der Waals surface area contributed by atoms with E-state index < -0.39 is 18.1 Å². The number of thiophene rings is 1. The third-order valence-electron chi connectivity index (χ3n) is 5.15. The molecule has 1 atom stereocenters. The van der Waals surface area contributed by atoms with Crippen LogP contribution in [0.1, 0.15) is 29.0 Å². The van der Waals surface area contributed by atoms with E-state index in [1.54, 1.807) is 11.3 Å². The number of carbonyl (C=O) groups is 2. The molecule has 0 saturated heterocycles. The minimum absolute atomic E-state index is 0.0250. The number of fused-ring (bicyclic) bond motifs is 3. The van der Waals surface area contributed by atoms with Crippen LogP contribution in [0.2, 0.25) is 0 Å². The lowest BCUT2D eigenvalue weighted by Gasteiger charge is -2.18. The van der Waals surface area contributed by atoms with E-state index in [0.29, 0.717) is 6.42 Å². The molecule has 3 aromatic rings. The first kappa shape index (κ1) is 19.2. The maximum Gasteiger partial charge on any atom is 0.407 e. The quantitative estimate of drug-likeness (QED) is 0.597. The molecule has 0 aliphatic heterocycles. The monoisotopic (exact) mass is 407 g/mol. The van der Waals surface area contributed by atoms with Crippen LogP contribution in [-0.4, -0.2) is 29.8 Å². The SMILES string of the molecule is O=C(O)CC(Cc1ccsc1)NC(=O)OCC1c2ccccc2-c2ccccc21. The van der Waals surface area contributed by atoms with E-state index in [1.165, 1.54) is 11.1 Å². The number of ether oxygens (including phenoxy) is 1. The van der Waals surface area contributed by atoms with Crippen LogP contribution in [0.25, 0.3) is 11.1 Å². The number of aliphatic carboxylic acids is 1. The van der Waals surface area contributed by atoms with Crippen LogP contribution in [-0.2, 0) is 16.0 Å². The fourth-order valence-electron chi connectivity index (χ4n) is 3.89. The van der Waals surface area contributed by atoms with Crippen molar-refractivity contribution in [2.75, 3.05) is 6.61 Å². The number of carbonyl (C=O) groups excluding carboxylic acids is 1. The van der Waals surface area contributed by atoms with Gasteiger partial charge in [0.15, 0.2) is 0 Å². The second-order valence-corrected chi connectivity index (χ2v) is 7.88. The van der Waals surface area contributed by atoms with Crippen molar-refractivity contribution in [1.82, 2.24) is 5.32 Å². The predicted octanol–water partition coefficient (Wildman–Crippen LogP) is 4.67. The van der Waals surface area contributed by atoms with E-state index >= 15 is 0 Å². The Bertz CT molecular complexity index is 970. The largest absolute Gasteiger partial charge is 0.481 e. The Balaban J connectivity index is 1.43. The molecule has 29 heavy (non-hydrogen) atoms. The van der Waals surface area contributed by atoms with E-state index in [4.69, 9.17) is 9.84 Å². The van der Waals surface area contributed by atoms with Crippen molar-refractivity contribution in [1.29, 1.82) is 0 Å². The Hall–Kier alpha value is -3.12. The number of amides is 1. The summed E-state index contributed by atoms with van der Waals surface area (Å²) in [6, 6.07) is 17.7. The smallest absolute Gasteiger partial charge is 0.407 e. The molecule has 1 aliphatic rings. The molecular weight excluding hydrogens is 386 g/mol. The van der Waals surface area contributed by atoms with E-state index in [-0.39, 0.29) is 18.9 Å². The number of carboxylic acids is 1. The first-order valence-corrected chi connectivity index (χ1v) is 10.4. The summed E-state index contributed by atoms with van der Waals surface area (Å²) in [5, 5.41) is 15.8. The zero-order valence-electron chi connectivity index (χ0n) is 15.7. The average Bonchev–Trinajstić information content (AvgIpc) is 3.32. The number of nitrogens with one attached hydrogen (secondary N) is 1. The second-order valence-electron chi connectivity index (χ2n) is 7.10. The van der Waals surface area contributed by atoms with Gasteiger partial charge < -0.3 is 15.2 Å². The third-order valence-corrected chi connectivity index (χ3v) is 5.88. The Kier molecular flexibility index (Phi) is 5.62. The maximum absolute atomic E-state index is 12.4. The van der Waals surface area contributed by atoms with Crippen molar-refractivity contribution < 1.29 is 19.4 Å². The highest BCUT2D eigenvalue weighted by atomic mass is 32.1. The molecule has 148 valence electrons.